The van der Waals surface area contributed by atoms with Crippen molar-refractivity contribution in [2.45, 2.75) is 20.8 Å². The standard InChI is InChI=1S/C20H23N2O3P/c1-4-24-26(23,25-5-2)19-14-21-18-13-9-7-11-16(18)20(19)22-17-12-8-6-10-15(17)3/h6-14H,4-5H2,1-3H3,(H,21,22). The number of para-hydroxylation sites is 2. The Bertz CT molecular complexity index is 949. The molecule has 1 N–H and O–H groups in total. The zero-order chi connectivity index (χ0) is 18.6. The van der Waals surface area contributed by atoms with E-state index < -0.39 is 7.60 Å². The molecule has 136 valence electrons. The molecule has 0 amide bonds. The molecule has 0 aliphatic carbocycles. The molecule has 0 bridgehead atoms. The summed E-state index contributed by atoms with van der Waals surface area (Å²) in [6.45, 7) is 6.20. The second-order valence-corrected chi connectivity index (χ2v) is 7.80. The third-order valence-electron chi connectivity index (χ3n) is 4.05. The van der Waals surface area contributed by atoms with Crippen LogP contribution in [-0.2, 0) is 13.6 Å². The molecule has 0 aliphatic rings. The molecule has 2 aromatic carbocycles. The van der Waals surface area contributed by atoms with E-state index in [4.69, 9.17) is 9.05 Å². The van der Waals surface area contributed by atoms with Crippen LogP contribution >= 0.6 is 7.60 Å². The van der Waals surface area contributed by atoms with Gasteiger partial charge in [0.2, 0.25) is 0 Å². The van der Waals surface area contributed by atoms with Crippen LogP contribution in [0.2, 0.25) is 0 Å². The number of pyridine rings is 1. The lowest BCUT2D eigenvalue weighted by molar-refractivity contribution is 0.230. The number of anilines is 2. The van der Waals surface area contributed by atoms with Crippen LogP contribution in [-0.4, -0.2) is 18.2 Å². The Morgan fingerprint density at radius 1 is 1.00 bits per heavy atom. The highest BCUT2D eigenvalue weighted by atomic mass is 31.2. The van der Waals surface area contributed by atoms with E-state index >= 15 is 0 Å². The van der Waals surface area contributed by atoms with Gasteiger partial charge in [-0.1, -0.05) is 36.4 Å². The minimum Gasteiger partial charge on any atom is -0.354 e. The lowest BCUT2D eigenvalue weighted by Crippen LogP contribution is -2.16. The summed E-state index contributed by atoms with van der Waals surface area (Å²) in [7, 11) is -3.49. The monoisotopic (exact) mass is 370 g/mol. The van der Waals surface area contributed by atoms with Crippen molar-refractivity contribution in [3.8, 4) is 0 Å². The Balaban J connectivity index is 2.23. The maximum atomic E-state index is 13.4. The fourth-order valence-electron chi connectivity index (χ4n) is 2.83. The molecule has 0 radical (unpaired) electrons. The molecule has 0 unspecified atom stereocenters. The predicted molar refractivity (Wildman–Crippen MR) is 107 cm³/mol. The number of nitrogens with one attached hydrogen (secondary N) is 1. The molecule has 1 heterocycles. The van der Waals surface area contributed by atoms with Crippen molar-refractivity contribution in [2.24, 2.45) is 0 Å². The van der Waals surface area contributed by atoms with E-state index in [2.05, 4.69) is 10.3 Å². The van der Waals surface area contributed by atoms with Crippen molar-refractivity contribution in [1.82, 2.24) is 4.98 Å². The van der Waals surface area contributed by atoms with Gasteiger partial charge in [-0.25, -0.2) is 0 Å². The normalized spacial score (nSPS) is 11.7. The smallest absolute Gasteiger partial charge is 0.354 e. The van der Waals surface area contributed by atoms with Crippen molar-refractivity contribution in [1.29, 1.82) is 0 Å². The van der Waals surface area contributed by atoms with Crippen molar-refractivity contribution in [2.75, 3.05) is 18.5 Å². The molecule has 0 saturated carbocycles. The summed E-state index contributed by atoms with van der Waals surface area (Å²) >= 11 is 0. The average Bonchev–Trinajstić information content (AvgIpc) is 2.64. The highest BCUT2D eigenvalue weighted by Crippen LogP contribution is 2.50. The van der Waals surface area contributed by atoms with Crippen molar-refractivity contribution >= 4 is 35.2 Å². The van der Waals surface area contributed by atoms with Crippen LogP contribution in [0.5, 0.6) is 0 Å². The Hall–Kier alpha value is -2.20. The van der Waals surface area contributed by atoms with Gasteiger partial charge in [0.05, 0.1) is 24.4 Å². The first-order chi connectivity index (χ1) is 12.6. The number of aryl methyl sites for hydroxylation is 1. The van der Waals surface area contributed by atoms with Crippen LogP contribution in [0.4, 0.5) is 11.4 Å². The van der Waals surface area contributed by atoms with Gasteiger partial charge in [-0.3, -0.25) is 9.55 Å². The third kappa shape index (κ3) is 3.65. The first kappa shape index (κ1) is 18.6. The molecule has 0 aliphatic heterocycles. The SMILES string of the molecule is CCOP(=O)(OCC)c1cnc2ccccc2c1Nc1ccccc1C. The lowest BCUT2D eigenvalue weighted by atomic mass is 10.1. The molecular formula is C20H23N2O3P. The largest absolute Gasteiger partial charge is 0.365 e. The van der Waals surface area contributed by atoms with Gasteiger partial charge in [-0.2, -0.15) is 0 Å². The highest BCUT2D eigenvalue weighted by Gasteiger charge is 2.31. The molecule has 0 saturated heterocycles. The molecular weight excluding hydrogens is 347 g/mol. The number of aromatic nitrogens is 1. The van der Waals surface area contributed by atoms with E-state index in [0.717, 1.165) is 22.2 Å². The van der Waals surface area contributed by atoms with Crippen LogP contribution in [0.1, 0.15) is 19.4 Å². The molecule has 0 atom stereocenters. The van der Waals surface area contributed by atoms with Crippen LogP contribution in [0, 0.1) is 6.92 Å². The van der Waals surface area contributed by atoms with Crippen LogP contribution in [0.3, 0.4) is 0 Å². The summed E-state index contributed by atoms with van der Waals surface area (Å²) in [5, 5.41) is 4.75. The summed E-state index contributed by atoms with van der Waals surface area (Å²) in [6.07, 6.45) is 1.59. The lowest BCUT2D eigenvalue weighted by Gasteiger charge is -2.22. The second kappa shape index (κ2) is 8.00. The Kier molecular flexibility index (Phi) is 5.72. The number of hydrogen-bond acceptors (Lipinski definition) is 5. The van der Waals surface area contributed by atoms with Crippen LogP contribution < -0.4 is 10.6 Å². The van der Waals surface area contributed by atoms with E-state index in [1.54, 1.807) is 20.0 Å². The van der Waals surface area contributed by atoms with Crippen molar-refractivity contribution < 1.29 is 13.6 Å². The summed E-state index contributed by atoms with van der Waals surface area (Å²) in [4.78, 5) is 4.46. The Labute approximate surface area is 153 Å². The second-order valence-electron chi connectivity index (χ2n) is 5.81. The van der Waals surface area contributed by atoms with Crippen LogP contribution in [0.15, 0.2) is 54.7 Å². The van der Waals surface area contributed by atoms with E-state index in [1.807, 2.05) is 55.5 Å². The van der Waals surface area contributed by atoms with E-state index in [9.17, 15) is 4.57 Å². The van der Waals surface area contributed by atoms with Gasteiger partial charge in [0, 0.05) is 17.3 Å². The van der Waals surface area contributed by atoms with Gasteiger partial charge in [0.15, 0.2) is 0 Å². The molecule has 1 aromatic heterocycles. The Morgan fingerprint density at radius 2 is 1.65 bits per heavy atom. The predicted octanol–water partition coefficient (Wildman–Crippen LogP) is 5.18. The quantitative estimate of drug-likeness (QED) is 0.581. The fourth-order valence-corrected chi connectivity index (χ4v) is 4.52. The molecule has 0 spiro atoms. The molecule has 0 fully saturated rings. The molecule has 3 rings (SSSR count). The van der Waals surface area contributed by atoms with Crippen molar-refractivity contribution in [3.05, 3.63) is 60.3 Å². The van der Waals surface area contributed by atoms with Gasteiger partial charge >= 0.3 is 7.60 Å². The zero-order valence-corrected chi connectivity index (χ0v) is 16.1. The minimum absolute atomic E-state index is 0.286. The van der Waals surface area contributed by atoms with E-state index in [1.165, 1.54) is 0 Å². The van der Waals surface area contributed by atoms with Gasteiger partial charge < -0.3 is 14.4 Å². The van der Waals surface area contributed by atoms with E-state index in [0.29, 0.717) is 11.0 Å². The number of rotatable bonds is 7. The highest BCUT2D eigenvalue weighted by molar-refractivity contribution is 7.62. The maximum Gasteiger partial charge on any atom is 0.365 e. The minimum atomic E-state index is -3.49. The molecule has 5 nitrogen and oxygen atoms in total. The fraction of sp³-hybridized carbons (Fsp3) is 0.250. The molecule has 6 heteroatoms. The Morgan fingerprint density at radius 3 is 2.35 bits per heavy atom. The van der Waals surface area contributed by atoms with Gasteiger partial charge in [0.25, 0.3) is 0 Å². The number of fused-ring (bicyclic) bond motifs is 1. The number of nitrogens with zero attached hydrogens (tertiary/aromatic N) is 1. The first-order valence-corrected chi connectivity index (χ1v) is 10.2. The van der Waals surface area contributed by atoms with Gasteiger partial charge in [-0.15, -0.1) is 0 Å². The number of benzene rings is 2. The zero-order valence-electron chi connectivity index (χ0n) is 15.2. The summed E-state index contributed by atoms with van der Waals surface area (Å²) < 4.78 is 24.6. The number of hydrogen-bond donors (Lipinski definition) is 1. The van der Waals surface area contributed by atoms with Gasteiger partial charge in [-0.05, 0) is 38.5 Å². The van der Waals surface area contributed by atoms with Gasteiger partial charge in [0.1, 0.15) is 5.30 Å². The first-order valence-electron chi connectivity index (χ1n) is 8.69. The third-order valence-corrected chi connectivity index (χ3v) is 6.18. The molecule has 26 heavy (non-hydrogen) atoms. The van der Waals surface area contributed by atoms with Crippen LogP contribution in [0.25, 0.3) is 10.9 Å². The molecule has 3 aromatic rings. The maximum absolute atomic E-state index is 13.4. The topological polar surface area (TPSA) is 60.5 Å². The summed E-state index contributed by atoms with van der Waals surface area (Å²) in [5.41, 5.74) is 3.54. The van der Waals surface area contributed by atoms with Crippen molar-refractivity contribution in [3.63, 3.8) is 0 Å². The summed E-state index contributed by atoms with van der Waals surface area (Å²) in [6, 6.07) is 15.7. The average molecular weight is 370 g/mol. The van der Waals surface area contributed by atoms with E-state index in [-0.39, 0.29) is 13.2 Å². The summed E-state index contributed by atoms with van der Waals surface area (Å²) in [5.74, 6) is 0.